The molecule has 1 aromatic heterocycles. The molecule has 0 bridgehead atoms. The average molecular weight is 204 g/mol. The number of rotatable bonds is 0. The lowest BCUT2D eigenvalue weighted by Gasteiger charge is -1.92. The zero-order valence-electron chi connectivity index (χ0n) is 5.16. The second-order valence-corrected chi connectivity index (χ2v) is 2.98. The van der Waals surface area contributed by atoms with Crippen LogP contribution >= 0.6 is 15.9 Å². The monoisotopic (exact) mass is 203 g/mol. The Morgan fingerprint density at radius 2 is 2.50 bits per heavy atom. The van der Waals surface area contributed by atoms with Crippen LogP contribution in [0.2, 0.25) is 0 Å². The first-order chi connectivity index (χ1) is 4.77. The molecule has 0 aromatic carbocycles. The normalized spacial score (nSPS) is 23.2. The van der Waals surface area contributed by atoms with Gasteiger partial charge in [-0.25, -0.2) is 9.67 Å². The van der Waals surface area contributed by atoms with Gasteiger partial charge in [0, 0.05) is 13.0 Å². The number of nitrogens with zero attached hydrogens (tertiary/aromatic N) is 3. The zero-order valence-corrected chi connectivity index (χ0v) is 6.74. The fourth-order valence-electron chi connectivity index (χ4n) is 1.11. The van der Waals surface area contributed by atoms with Crippen molar-refractivity contribution in [2.75, 3.05) is 0 Å². The first kappa shape index (κ1) is 6.30. The number of aryl methyl sites for hydroxylation is 1. The Morgan fingerprint density at radius 1 is 1.70 bits per heavy atom. The van der Waals surface area contributed by atoms with E-state index in [4.69, 9.17) is 0 Å². The van der Waals surface area contributed by atoms with E-state index in [0.717, 1.165) is 13.0 Å². The average Bonchev–Trinajstić information content (AvgIpc) is 2.35. The van der Waals surface area contributed by atoms with Gasteiger partial charge in [-0.15, -0.1) is 5.10 Å². The number of aromatic nitrogens is 3. The van der Waals surface area contributed by atoms with Gasteiger partial charge >= 0.3 is 0 Å². The summed E-state index contributed by atoms with van der Waals surface area (Å²) in [5, 5.41) is 13.3. The Bertz CT molecular complexity index is 259. The first-order valence-corrected chi connectivity index (χ1v) is 3.85. The van der Waals surface area contributed by atoms with Crippen LogP contribution in [-0.4, -0.2) is 19.9 Å². The lowest BCUT2D eigenvalue weighted by atomic mass is 10.3. The highest BCUT2D eigenvalue weighted by Gasteiger charge is 2.23. The summed E-state index contributed by atoms with van der Waals surface area (Å²) in [6.45, 7) is 0.773. The molecule has 0 fully saturated rings. The van der Waals surface area contributed by atoms with E-state index in [1.54, 1.807) is 4.68 Å². The molecule has 1 aromatic rings. The molecule has 1 atom stereocenters. The molecule has 2 heterocycles. The minimum absolute atomic E-state index is 0.418. The second-order valence-electron chi connectivity index (χ2n) is 2.27. The lowest BCUT2D eigenvalue weighted by molar-refractivity contribution is 0.175. The molecule has 4 nitrogen and oxygen atoms in total. The van der Waals surface area contributed by atoms with Crippen molar-refractivity contribution in [3.8, 4) is 0 Å². The van der Waals surface area contributed by atoms with Gasteiger partial charge in [0.1, 0.15) is 6.10 Å². The Balaban J connectivity index is 2.49. The van der Waals surface area contributed by atoms with Crippen LogP contribution in [0.15, 0.2) is 4.73 Å². The summed E-state index contributed by atoms with van der Waals surface area (Å²) >= 11 is 3.13. The highest BCUT2D eigenvalue weighted by Crippen LogP contribution is 2.23. The van der Waals surface area contributed by atoms with E-state index in [2.05, 4.69) is 26.0 Å². The summed E-state index contributed by atoms with van der Waals surface area (Å²) in [6, 6.07) is 0. The van der Waals surface area contributed by atoms with Gasteiger partial charge in [0.05, 0.1) is 0 Å². The third-order valence-corrected chi connectivity index (χ3v) is 1.92. The van der Waals surface area contributed by atoms with Gasteiger partial charge in [-0.3, -0.25) is 0 Å². The topological polar surface area (TPSA) is 50.9 Å². The summed E-state index contributed by atoms with van der Waals surface area (Å²) in [5.41, 5.74) is 0. The number of halogens is 1. The van der Waals surface area contributed by atoms with E-state index in [9.17, 15) is 5.11 Å². The van der Waals surface area contributed by atoms with Crippen molar-refractivity contribution in [3.05, 3.63) is 10.6 Å². The molecule has 0 saturated carbocycles. The molecule has 2 rings (SSSR count). The number of hydrogen-bond acceptors (Lipinski definition) is 3. The predicted molar refractivity (Wildman–Crippen MR) is 37.3 cm³/mol. The molecule has 54 valence electrons. The van der Waals surface area contributed by atoms with Crippen LogP contribution in [0.3, 0.4) is 0 Å². The first-order valence-electron chi connectivity index (χ1n) is 3.05. The molecule has 0 saturated heterocycles. The molecule has 1 aliphatic rings. The van der Waals surface area contributed by atoms with Gasteiger partial charge in [0.2, 0.25) is 4.73 Å². The SMILES string of the molecule is O[C@H]1CCn2nc(Br)nc21. The maximum absolute atomic E-state index is 9.25. The van der Waals surface area contributed by atoms with E-state index < -0.39 is 6.10 Å². The van der Waals surface area contributed by atoms with Crippen LogP contribution in [0.25, 0.3) is 0 Å². The van der Waals surface area contributed by atoms with Gasteiger partial charge in [-0.2, -0.15) is 0 Å². The summed E-state index contributed by atoms with van der Waals surface area (Å²) in [5.74, 6) is 0.673. The van der Waals surface area contributed by atoms with Crippen LogP contribution in [0.1, 0.15) is 18.3 Å². The summed E-state index contributed by atoms with van der Waals surface area (Å²) in [6.07, 6.45) is 0.321. The number of fused-ring (bicyclic) bond motifs is 1. The lowest BCUT2D eigenvalue weighted by Crippen LogP contribution is -1.94. The van der Waals surface area contributed by atoms with Crippen LogP contribution in [-0.2, 0) is 6.54 Å². The van der Waals surface area contributed by atoms with Gasteiger partial charge in [0.25, 0.3) is 0 Å². The van der Waals surface area contributed by atoms with E-state index in [1.807, 2.05) is 0 Å². The number of hydrogen-bond donors (Lipinski definition) is 1. The fraction of sp³-hybridized carbons (Fsp3) is 0.600. The van der Waals surface area contributed by atoms with Crippen molar-refractivity contribution in [1.82, 2.24) is 14.8 Å². The van der Waals surface area contributed by atoms with Crippen LogP contribution in [0.4, 0.5) is 0 Å². The maximum Gasteiger partial charge on any atom is 0.217 e. The largest absolute Gasteiger partial charge is 0.385 e. The molecule has 10 heavy (non-hydrogen) atoms. The van der Waals surface area contributed by atoms with Gasteiger partial charge in [0.15, 0.2) is 5.82 Å². The molecule has 0 radical (unpaired) electrons. The van der Waals surface area contributed by atoms with Crippen molar-refractivity contribution in [3.63, 3.8) is 0 Å². The minimum atomic E-state index is -0.418. The molecule has 0 amide bonds. The highest BCUT2D eigenvalue weighted by atomic mass is 79.9. The molecule has 0 aliphatic carbocycles. The third-order valence-electron chi connectivity index (χ3n) is 1.59. The quantitative estimate of drug-likeness (QED) is 0.668. The van der Waals surface area contributed by atoms with Crippen LogP contribution in [0.5, 0.6) is 0 Å². The summed E-state index contributed by atoms with van der Waals surface area (Å²) < 4.78 is 2.27. The second kappa shape index (κ2) is 2.03. The van der Waals surface area contributed by atoms with E-state index in [0.29, 0.717) is 10.6 Å². The standard InChI is InChI=1S/C5H6BrN3O/c6-5-7-4-3(10)1-2-9(4)8-5/h3,10H,1-2H2/t3-/m0/s1. The van der Waals surface area contributed by atoms with Crippen molar-refractivity contribution >= 4 is 15.9 Å². The van der Waals surface area contributed by atoms with Crippen molar-refractivity contribution in [2.24, 2.45) is 0 Å². The Kier molecular flexibility index (Phi) is 1.28. The molecule has 0 spiro atoms. The van der Waals surface area contributed by atoms with E-state index in [1.165, 1.54) is 0 Å². The smallest absolute Gasteiger partial charge is 0.217 e. The maximum atomic E-state index is 9.25. The fourth-order valence-corrected chi connectivity index (χ4v) is 1.48. The Morgan fingerprint density at radius 3 is 3.20 bits per heavy atom. The van der Waals surface area contributed by atoms with Crippen LogP contribution < -0.4 is 0 Å². The predicted octanol–water partition coefficient (Wildman–Crippen LogP) is 0.478. The molecule has 1 aliphatic heterocycles. The third kappa shape index (κ3) is 0.775. The molecule has 5 heteroatoms. The molecular weight excluding hydrogens is 198 g/mol. The van der Waals surface area contributed by atoms with Crippen molar-refractivity contribution in [2.45, 2.75) is 19.1 Å². The Labute approximate surface area is 66.0 Å². The van der Waals surface area contributed by atoms with Gasteiger partial charge in [-0.1, -0.05) is 0 Å². The Hall–Kier alpha value is -0.420. The molecule has 0 unspecified atom stereocenters. The highest BCUT2D eigenvalue weighted by molar-refractivity contribution is 9.10. The number of aliphatic hydroxyl groups excluding tert-OH is 1. The number of aliphatic hydroxyl groups is 1. The summed E-state index contributed by atoms with van der Waals surface area (Å²) in [4.78, 5) is 3.99. The summed E-state index contributed by atoms with van der Waals surface area (Å²) in [7, 11) is 0. The van der Waals surface area contributed by atoms with Crippen LogP contribution in [0, 0.1) is 0 Å². The van der Waals surface area contributed by atoms with Gasteiger partial charge < -0.3 is 5.11 Å². The molecular formula is C5H6BrN3O. The minimum Gasteiger partial charge on any atom is -0.385 e. The van der Waals surface area contributed by atoms with Gasteiger partial charge in [-0.05, 0) is 15.9 Å². The molecule has 1 N–H and O–H groups in total. The van der Waals surface area contributed by atoms with E-state index in [-0.39, 0.29) is 0 Å². The van der Waals surface area contributed by atoms with E-state index >= 15 is 0 Å². The van der Waals surface area contributed by atoms with Crippen molar-refractivity contribution in [1.29, 1.82) is 0 Å². The zero-order chi connectivity index (χ0) is 7.14. The van der Waals surface area contributed by atoms with Crippen molar-refractivity contribution < 1.29 is 5.11 Å².